The van der Waals surface area contributed by atoms with Crippen LogP contribution in [0.15, 0.2) is 48.2 Å². The Morgan fingerprint density at radius 3 is 2.26 bits per heavy atom. The second-order valence-corrected chi connectivity index (χ2v) is 8.25. The number of ether oxygens (including phenoxy) is 2. The van der Waals surface area contributed by atoms with E-state index >= 15 is 0 Å². The Labute approximate surface area is 183 Å². The zero-order valence-corrected chi connectivity index (χ0v) is 18.5. The van der Waals surface area contributed by atoms with Gasteiger partial charge in [-0.25, -0.2) is 4.90 Å². The average molecular weight is 421 g/mol. The van der Waals surface area contributed by atoms with Crippen LogP contribution in [0, 0.1) is 13.8 Å². The van der Waals surface area contributed by atoms with Crippen molar-refractivity contribution in [1.29, 1.82) is 0 Å². The predicted octanol–water partition coefficient (Wildman–Crippen LogP) is 3.71. The molecule has 0 bridgehead atoms. The largest absolute Gasteiger partial charge is 0.491 e. The van der Waals surface area contributed by atoms with Crippen molar-refractivity contribution in [1.82, 2.24) is 4.90 Å². The normalized spacial score (nSPS) is 17.2. The zero-order chi connectivity index (χ0) is 22.1. The molecule has 162 valence electrons. The predicted molar refractivity (Wildman–Crippen MR) is 120 cm³/mol. The summed E-state index contributed by atoms with van der Waals surface area (Å²) < 4.78 is 11.2. The number of morpholine rings is 1. The van der Waals surface area contributed by atoms with E-state index in [2.05, 4.69) is 0 Å². The van der Waals surface area contributed by atoms with Crippen LogP contribution in [0.1, 0.15) is 30.5 Å². The van der Waals surface area contributed by atoms with Crippen LogP contribution in [0.5, 0.6) is 5.75 Å². The lowest BCUT2D eigenvalue weighted by Crippen LogP contribution is -2.40. The van der Waals surface area contributed by atoms with Gasteiger partial charge < -0.3 is 14.4 Å². The molecule has 2 aliphatic heterocycles. The number of rotatable bonds is 5. The van der Waals surface area contributed by atoms with Crippen LogP contribution in [-0.2, 0) is 14.3 Å². The van der Waals surface area contributed by atoms with Crippen LogP contribution in [0.2, 0.25) is 0 Å². The van der Waals surface area contributed by atoms with Crippen LogP contribution >= 0.6 is 0 Å². The summed E-state index contributed by atoms with van der Waals surface area (Å²) in [5.74, 6) is 0.159. The number of amides is 2. The number of nitrogens with zero attached hydrogens (tertiary/aromatic N) is 2. The molecule has 0 aromatic heterocycles. The first kappa shape index (κ1) is 21.1. The van der Waals surface area contributed by atoms with Crippen molar-refractivity contribution in [3.63, 3.8) is 0 Å². The van der Waals surface area contributed by atoms with Gasteiger partial charge in [0.15, 0.2) is 0 Å². The van der Waals surface area contributed by atoms with E-state index in [1.54, 1.807) is 0 Å². The fourth-order valence-corrected chi connectivity index (χ4v) is 4.01. The molecular formula is C25H28N2O4. The minimum absolute atomic E-state index is 0.0588. The van der Waals surface area contributed by atoms with Crippen molar-refractivity contribution in [2.75, 3.05) is 31.2 Å². The summed E-state index contributed by atoms with van der Waals surface area (Å²) in [4.78, 5) is 30.6. The van der Waals surface area contributed by atoms with E-state index in [9.17, 15) is 9.59 Å². The van der Waals surface area contributed by atoms with Gasteiger partial charge in [-0.05, 0) is 62.6 Å². The smallest absolute Gasteiger partial charge is 0.282 e. The molecule has 2 aromatic carbocycles. The maximum absolute atomic E-state index is 13.7. The van der Waals surface area contributed by atoms with Gasteiger partial charge in [-0.15, -0.1) is 0 Å². The van der Waals surface area contributed by atoms with E-state index < -0.39 is 0 Å². The van der Waals surface area contributed by atoms with Gasteiger partial charge in [-0.3, -0.25) is 9.59 Å². The minimum Gasteiger partial charge on any atom is -0.491 e. The van der Waals surface area contributed by atoms with Crippen LogP contribution in [0.4, 0.5) is 5.69 Å². The Hall–Kier alpha value is -3.12. The number of hydrogen-bond acceptors (Lipinski definition) is 5. The fourth-order valence-electron chi connectivity index (χ4n) is 4.01. The monoisotopic (exact) mass is 420 g/mol. The second-order valence-electron chi connectivity index (χ2n) is 8.25. The van der Waals surface area contributed by atoms with Crippen molar-refractivity contribution >= 4 is 23.1 Å². The summed E-state index contributed by atoms with van der Waals surface area (Å²) in [7, 11) is 0. The van der Waals surface area contributed by atoms with Gasteiger partial charge in [0.05, 0.1) is 30.6 Å². The van der Waals surface area contributed by atoms with Crippen LogP contribution in [0.3, 0.4) is 0 Å². The first-order valence-electron chi connectivity index (χ1n) is 10.7. The number of benzene rings is 2. The number of carbonyl (C=O) groups excluding carboxylic acids is 2. The van der Waals surface area contributed by atoms with Gasteiger partial charge in [0, 0.05) is 13.1 Å². The Morgan fingerprint density at radius 1 is 0.935 bits per heavy atom. The number of carbonyl (C=O) groups is 2. The average Bonchev–Trinajstić information content (AvgIpc) is 3.01. The van der Waals surface area contributed by atoms with Crippen LogP contribution in [-0.4, -0.2) is 49.1 Å². The molecule has 0 spiro atoms. The molecule has 0 saturated carbocycles. The topological polar surface area (TPSA) is 59.1 Å². The molecule has 0 radical (unpaired) electrons. The van der Waals surface area contributed by atoms with Crippen LogP contribution < -0.4 is 9.64 Å². The Morgan fingerprint density at radius 2 is 1.61 bits per heavy atom. The second kappa shape index (κ2) is 8.55. The zero-order valence-electron chi connectivity index (χ0n) is 18.5. The lowest BCUT2D eigenvalue weighted by atomic mass is 10.0. The molecule has 2 heterocycles. The van der Waals surface area contributed by atoms with E-state index in [-0.39, 0.29) is 17.9 Å². The van der Waals surface area contributed by atoms with Gasteiger partial charge in [0.1, 0.15) is 11.4 Å². The van der Waals surface area contributed by atoms with Crippen LogP contribution in [0.25, 0.3) is 5.57 Å². The molecular weight excluding hydrogens is 392 g/mol. The highest BCUT2D eigenvalue weighted by molar-refractivity contribution is 6.45. The molecule has 1 saturated heterocycles. The lowest BCUT2D eigenvalue weighted by Gasteiger charge is -2.29. The van der Waals surface area contributed by atoms with Crippen molar-refractivity contribution in [2.45, 2.75) is 33.8 Å². The molecule has 0 atom stereocenters. The Balaban J connectivity index is 1.79. The molecule has 31 heavy (non-hydrogen) atoms. The van der Waals surface area contributed by atoms with Crippen molar-refractivity contribution in [3.8, 4) is 5.75 Å². The maximum atomic E-state index is 13.7. The molecule has 0 N–H and O–H groups in total. The highest BCUT2D eigenvalue weighted by Gasteiger charge is 2.43. The quantitative estimate of drug-likeness (QED) is 0.691. The minimum atomic E-state index is -0.294. The SMILES string of the molecule is Cc1ccc(C)c(N2C(=O)C(c3ccc(OC(C)C)cc3)=C(N3CCOCC3)C2=O)c1. The highest BCUT2D eigenvalue weighted by Crippen LogP contribution is 2.37. The third-order valence-corrected chi connectivity index (χ3v) is 5.51. The van der Waals surface area contributed by atoms with E-state index in [0.29, 0.717) is 48.8 Å². The van der Waals surface area contributed by atoms with Gasteiger partial charge >= 0.3 is 0 Å². The van der Waals surface area contributed by atoms with Crippen molar-refractivity contribution < 1.29 is 19.1 Å². The highest BCUT2D eigenvalue weighted by atomic mass is 16.5. The summed E-state index contributed by atoms with van der Waals surface area (Å²) >= 11 is 0. The van der Waals surface area contributed by atoms with Gasteiger partial charge in [-0.1, -0.05) is 24.3 Å². The molecule has 2 amide bonds. The van der Waals surface area contributed by atoms with E-state index in [1.807, 2.05) is 75.1 Å². The third kappa shape index (κ3) is 4.08. The molecule has 6 heteroatoms. The van der Waals surface area contributed by atoms with Gasteiger partial charge in [0.25, 0.3) is 11.8 Å². The number of hydrogen-bond donors (Lipinski definition) is 0. The van der Waals surface area contributed by atoms with E-state index in [4.69, 9.17) is 9.47 Å². The Kier molecular flexibility index (Phi) is 5.83. The van der Waals surface area contributed by atoms with Gasteiger partial charge in [-0.2, -0.15) is 0 Å². The number of anilines is 1. The first-order chi connectivity index (χ1) is 14.9. The summed E-state index contributed by atoms with van der Waals surface area (Å²) in [6.07, 6.45) is 0.0588. The molecule has 6 nitrogen and oxygen atoms in total. The van der Waals surface area contributed by atoms with E-state index in [1.165, 1.54) is 4.90 Å². The summed E-state index contributed by atoms with van der Waals surface area (Å²) in [5, 5.41) is 0. The standard InChI is InChI=1S/C25H28N2O4/c1-16(2)31-20-9-7-19(8-10-20)22-23(26-11-13-30-14-12-26)25(29)27(24(22)28)21-15-17(3)5-6-18(21)4/h5-10,15-16H,11-14H2,1-4H3. The summed E-state index contributed by atoms with van der Waals surface area (Å²) in [6, 6.07) is 13.2. The molecule has 2 aromatic rings. The van der Waals surface area contributed by atoms with Gasteiger partial charge in [0.2, 0.25) is 0 Å². The number of imide groups is 1. The fraction of sp³-hybridized carbons (Fsp3) is 0.360. The first-order valence-corrected chi connectivity index (χ1v) is 10.7. The summed E-state index contributed by atoms with van der Waals surface area (Å²) in [5.41, 5.74) is 4.11. The molecule has 0 aliphatic carbocycles. The maximum Gasteiger partial charge on any atom is 0.282 e. The molecule has 2 aliphatic rings. The van der Waals surface area contributed by atoms with Crippen molar-refractivity contribution in [2.24, 2.45) is 0 Å². The Bertz CT molecular complexity index is 1030. The lowest BCUT2D eigenvalue weighted by molar-refractivity contribution is -0.121. The third-order valence-electron chi connectivity index (χ3n) is 5.51. The summed E-state index contributed by atoms with van der Waals surface area (Å²) in [6.45, 7) is 10.0. The molecule has 1 fully saturated rings. The molecule has 4 rings (SSSR count). The number of aryl methyl sites for hydroxylation is 2. The van der Waals surface area contributed by atoms with Crippen molar-refractivity contribution in [3.05, 3.63) is 64.9 Å². The molecule has 0 unspecified atom stereocenters. The van der Waals surface area contributed by atoms with E-state index in [0.717, 1.165) is 16.9 Å².